The maximum atomic E-state index is 11.9. The lowest BCUT2D eigenvalue weighted by Gasteiger charge is -2.09. The molecule has 110 valence electrons. The summed E-state index contributed by atoms with van der Waals surface area (Å²) in [7, 11) is 1.47. The fraction of sp³-hybridized carbons (Fsp3) is 0.533. The van der Waals surface area contributed by atoms with E-state index in [1.165, 1.54) is 13.2 Å². The molecule has 0 spiro atoms. The van der Waals surface area contributed by atoms with Gasteiger partial charge in [0.05, 0.1) is 7.11 Å². The number of phenols is 1. The predicted molar refractivity (Wildman–Crippen MR) is 75.2 cm³/mol. The molecule has 1 saturated heterocycles. The molecule has 0 unspecified atom stereocenters. The molecule has 5 heteroatoms. The minimum Gasteiger partial charge on any atom is -0.504 e. The van der Waals surface area contributed by atoms with E-state index in [0.717, 1.165) is 32.5 Å². The highest BCUT2D eigenvalue weighted by Gasteiger charge is 2.15. The van der Waals surface area contributed by atoms with Crippen LogP contribution in [0.1, 0.15) is 29.6 Å². The highest BCUT2D eigenvalue weighted by Crippen LogP contribution is 2.26. The van der Waals surface area contributed by atoms with E-state index in [4.69, 9.17) is 9.47 Å². The summed E-state index contributed by atoms with van der Waals surface area (Å²) in [5.41, 5.74) is 0.437. The number of carbonyl (C=O) groups is 1. The summed E-state index contributed by atoms with van der Waals surface area (Å²) in [6.45, 7) is 2.35. The standard InChI is InChI=1S/C15H21NO4/c1-19-14-5-4-12(9-13(14)17)15(18)16-7-2-3-11-6-8-20-10-11/h4-5,9,11,17H,2-3,6-8,10H2,1H3,(H,16,18)/t11-/m1/s1. The Kier molecular flexibility index (Phi) is 5.24. The van der Waals surface area contributed by atoms with Crippen LogP contribution in [0.15, 0.2) is 18.2 Å². The number of amides is 1. The maximum Gasteiger partial charge on any atom is 0.251 e. The molecule has 2 rings (SSSR count). The van der Waals surface area contributed by atoms with Crippen LogP contribution in [-0.2, 0) is 4.74 Å². The molecule has 1 aliphatic rings. The molecule has 20 heavy (non-hydrogen) atoms. The van der Waals surface area contributed by atoms with Gasteiger partial charge < -0.3 is 19.9 Å². The Morgan fingerprint density at radius 2 is 2.40 bits per heavy atom. The number of benzene rings is 1. The maximum absolute atomic E-state index is 11.9. The molecule has 1 aromatic rings. The SMILES string of the molecule is COc1ccc(C(=O)NCCC[C@@H]2CCOC2)cc1O. The molecule has 1 aliphatic heterocycles. The van der Waals surface area contributed by atoms with Crippen LogP contribution < -0.4 is 10.1 Å². The lowest BCUT2D eigenvalue weighted by Crippen LogP contribution is -2.24. The van der Waals surface area contributed by atoms with Crippen LogP contribution in [0.5, 0.6) is 11.5 Å². The highest BCUT2D eigenvalue weighted by molar-refractivity contribution is 5.94. The van der Waals surface area contributed by atoms with Gasteiger partial charge in [0.2, 0.25) is 0 Å². The third-order valence-electron chi connectivity index (χ3n) is 3.54. The fourth-order valence-corrected chi connectivity index (χ4v) is 2.34. The molecule has 2 N–H and O–H groups in total. The monoisotopic (exact) mass is 279 g/mol. The van der Waals surface area contributed by atoms with Crippen molar-refractivity contribution in [3.8, 4) is 11.5 Å². The van der Waals surface area contributed by atoms with Crippen molar-refractivity contribution in [1.82, 2.24) is 5.32 Å². The number of aromatic hydroxyl groups is 1. The summed E-state index contributed by atoms with van der Waals surface area (Å²) in [5, 5.41) is 12.5. The molecule has 1 atom stereocenters. The van der Waals surface area contributed by atoms with Gasteiger partial charge in [-0.05, 0) is 43.4 Å². The third kappa shape index (κ3) is 3.87. The molecule has 0 saturated carbocycles. The Morgan fingerprint density at radius 1 is 1.55 bits per heavy atom. The second-order valence-electron chi connectivity index (χ2n) is 5.01. The molecule has 1 heterocycles. The topological polar surface area (TPSA) is 67.8 Å². The van der Waals surface area contributed by atoms with Crippen LogP contribution in [0.2, 0.25) is 0 Å². The number of hydrogen-bond acceptors (Lipinski definition) is 4. The fourth-order valence-electron chi connectivity index (χ4n) is 2.34. The molecule has 0 radical (unpaired) electrons. The van der Waals surface area contributed by atoms with Gasteiger partial charge >= 0.3 is 0 Å². The van der Waals surface area contributed by atoms with Gasteiger partial charge in [0.25, 0.3) is 5.91 Å². The first-order valence-corrected chi connectivity index (χ1v) is 6.93. The molecular formula is C15H21NO4. The summed E-state index contributed by atoms with van der Waals surface area (Å²) >= 11 is 0. The smallest absolute Gasteiger partial charge is 0.251 e. The van der Waals surface area contributed by atoms with E-state index in [1.54, 1.807) is 12.1 Å². The Bertz CT molecular complexity index is 455. The Balaban J connectivity index is 1.75. The van der Waals surface area contributed by atoms with E-state index in [9.17, 15) is 9.90 Å². The second-order valence-corrected chi connectivity index (χ2v) is 5.01. The van der Waals surface area contributed by atoms with E-state index in [0.29, 0.717) is 23.8 Å². The van der Waals surface area contributed by atoms with Gasteiger partial charge in [0.1, 0.15) is 0 Å². The number of phenolic OH excluding ortho intramolecular Hbond substituents is 1. The summed E-state index contributed by atoms with van der Waals surface area (Å²) in [6.07, 6.45) is 3.15. The molecule has 5 nitrogen and oxygen atoms in total. The summed E-state index contributed by atoms with van der Waals surface area (Å²) in [6, 6.07) is 4.64. The van der Waals surface area contributed by atoms with Crippen molar-refractivity contribution in [1.29, 1.82) is 0 Å². The first kappa shape index (κ1) is 14.7. The van der Waals surface area contributed by atoms with Crippen molar-refractivity contribution in [2.24, 2.45) is 5.92 Å². The van der Waals surface area contributed by atoms with Gasteiger partial charge in [0, 0.05) is 25.3 Å². The van der Waals surface area contributed by atoms with Gasteiger partial charge in [-0.1, -0.05) is 0 Å². The Morgan fingerprint density at radius 3 is 3.05 bits per heavy atom. The van der Waals surface area contributed by atoms with Crippen molar-refractivity contribution in [3.05, 3.63) is 23.8 Å². The van der Waals surface area contributed by atoms with Crippen molar-refractivity contribution in [3.63, 3.8) is 0 Å². The van der Waals surface area contributed by atoms with E-state index in [2.05, 4.69) is 5.32 Å². The highest BCUT2D eigenvalue weighted by atomic mass is 16.5. The summed E-state index contributed by atoms with van der Waals surface area (Å²) in [4.78, 5) is 11.9. The normalized spacial score (nSPS) is 17.9. The zero-order chi connectivity index (χ0) is 14.4. The Labute approximate surface area is 118 Å². The van der Waals surface area contributed by atoms with Gasteiger partial charge in [0.15, 0.2) is 11.5 Å². The molecular weight excluding hydrogens is 258 g/mol. The van der Waals surface area contributed by atoms with E-state index in [-0.39, 0.29) is 11.7 Å². The molecule has 0 aromatic heterocycles. The van der Waals surface area contributed by atoms with E-state index < -0.39 is 0 Å². The average molecular weight is 279 g/mol. The van der Waals surface area contributed by atoms with Crippen molar-refractivity contribution in [2.45, 2.75) is 19.3 Å². The van der Waals surface area contributed by atoms with Crippen LogP contribution in [0.3, 0.4) is 0 Å². The van der Waals surface area contributed by atoms with Crippen LogP contribution >= 0.6 is 0 Å². The molecule has 0 bridgehead atoms. The first-order valence-electron chi connectivity index (χ1n) is 6.93. The number of ether oxygens (including phenoxy) is 2. The first-order chi connectivity index (χ1) is 9.70. The number of rotatable bonds is 6. The van der Waals surface area contributed by atoms with Crippen LogP contribution in [-0.4, -0.2) is 37.9 Å². The number of nitrogens with one attached hydrogen (secondary N) is 1. The average Bonchev–Trinajstić information content (AvgIpc) is 2.96. The van der Waals surface area contributed by atoms with Gasteiger partial charge in [-0.3, -0.25) is 4.79 Å². The predicted octanol–water partition coefficient (Wildman–Crippen LogP) is 1.95. The summed E-state index contributed by atoms with van der Waals surface area (Å²) in [5.74, 6) is 0.800. The van der Waals surface area contributed by atoms with Crippen molar-refractivity contribution in [2.75, 3.05) is 26.9 Å². The quantitative estimate of drug-likeness (QED) is 0.781. The van der Waals surface area contributed by atoms with Gasteiger partial charge in [-0.15, -0.1) is 0 Å². The van der Waals surface area contributed by atoms with Crippen LogP contribution in [0.4, 0.5) is 0 Å². The molecule has 1 amide bonds. The third-order valence-corrected chi connectivity index (χ3v) is 3.54. The number of methoxy groups -OCH3 is 1. The minimum absolute atomic E-state index is 0.0248. The molecule has 1 fully saturated rings. The number of carbonyl (C=O) groups excluding carboxylic acids is 1. The Hall–Kier alpha value is -1.75. The minimum atomic E-state index is -0.175. The lowest BCUT2D eigenvalue weighted by molar-refractivity contribution is 0.0952. The van der Waals surface area contributed by atoms with Crippen LogP contribution in [0, 0.1) is 5.92 Å². The van der Waals surface area contributed by atoms with E-state index in [1.807, 2.05) is 0 Å². The van der Waals surface area contributed by atoms with Gasteiger partial charge in [-0.2, -0.15) is 0 Å². The molecule has 1 aromatic carbocycles. The van der Waals surface area contributed by atoms with Gasteiger partial charge in [-0.25, -0.2) is 0 Å². The van der Waals surface area contributed by atoms with E-state index >= 15 is 0 Å². The van der Waals surface area contributed by atoms with Crippen molar-refractivity contribution < 1.29 is 19.4 Å². The van der Waals surface area contributed by atoms with Crippen LogP contribution in [0.25, 0.3) is 0 Å². The lowest BCUT2D eigenvalue weighted by atomic mass is 10.0. The largest absolute Gasteiger partial charge is 0.504 e. The zero-order valence-corrected chi connectivity index (χ0v) is 11.7. The second kappa shape index (κ2) is 7.14. The zero-order valence-electron chi connectivity index (χ0n) is 11.7. The number of hydrogen-bond donors (Lipinski definition) is 2. The summed E-state index contributed by atoms with van der Waals surface area (Å²) < 4.78 is 10.3. The van der Waals surface area contributed by atoms with Crippen molar-refractivity contribution >= 4 is 5.91 Å². The molecule has 0 aliphatic carbocycles.